The molecule has 0 saturated heterocycles. The summed E-state index contributed by atoms with van der Waals surface area (Å²) >= 11 is 0. The number of halogens is 1. The van der Waals surface area contributed by atoms with Gasteiger partial charge in [0.1, 0.15) is 5.69 Å². The fraction of sp³-hybridized carbons (Fsp3) is 0.333. The molecule has 0 bridgehead atoms. The van der Waals surface area contributed by atoms with Gasteiger partial charge in [-0.25, -0.2) is 9.55 Å². The fourth-order valence-electron chi connectivity index (χ4n) is 3.82. The zero-order valence-electron chi connectivity index (χ0n) is 19.6. The first-order valence-corrected chi connectivity index (χ1v) is 10.6. The van der Waals surface area contributed by atoms with Crippen LogP contribution in [-0.4, -0.2) is 9.55 Å². The molecule has 0 amide bonds. The van der Waals surface area contributed by atoms with Gasteiger partial charge in [-0.15, -0.1) is 0 Å². The number of hydrogen-bond donors (Lipinski definition) is 0. The molecule has 2 heterocycles. The van der Waals surface area contributed by atoms with Gasteiger partial charge in [-0.1, -0.05) is 71.9 Å². The second-order valence-corrected chi connectivity index (χ2v) is 10.3. The SMILES string of the molecule is C[n+]1cn(-c2cccc(-c3cc(C(C)(C)C)cc(C(C)(C)C)c3)c2)c2ncccc21.[I-]. The van der Waals surface area contributed by atoms with E-state index in [1.807, 2.05) is 12.3 Å². The summed E-state index contributed by atoms with van der Waals surface area (Å²) in [5.74, 6) is 0. The quantitative estimate of drug-likeness (QED) is 0.291. The third kappa shape index (κ3) is 4.69. The number of aromatic nitrogens is 3. The van der Waals surface area contributed by atoms with Gasteiger partial charge in [0.2, 0.25) is 0 Å². The molecule has 0 fully saturated rings. The molecule has 0 radical (unpaired) electrons. The summed E-state index contributed by atoms with van der Waals surface area (Å²) in [6, 6.07) is 19.9. The summed E-state index contributed by atoms with van der Waals surface area (Å²) in [5, 5.41) is 0. The highest BCUT2D eigenvalue weighted by atomic mass is 127. The van der Waals surface area contributed by atoms with Crippen molar-refractivity contribution in [3.63, 3.8) is 0 Å². The maximum absolute atomic E-state index is 4.62. The van der Waals surface area contributed by atoms with E-state index in [1.54, 1.807) is 0 Å². The van der Waals surface area contributed by atoms with Gasteiger partial charge in [0.05, 0.1) is 7.05 Å². The van der Waals surface area contributed by atoms with Crippen LogP contribution in [0, 0.1) is 0 Å². The summed E-state index contributed by atoms with van der Waals surface area (Å²) in [6.07, 6.45) is 3.95. The molecule has 4 heteroatoms. The van der Waals surface area contributed by atoms with Gasteiger partial charge in [0.15, 0.2) is 5.52 Å². The molecule has 4 rings (SSSR count). The van der Waals surface area contributed by atoms with Crippen molar-refractivity contribution in [2.45, 2.75) is 52.4 Å². The lowest BCUT2D eigenvalue weighted by molar-refractivity contribution is -0.645. The van der Waals surface area contributed by atoms with E-state index in [0.29, 0.717) is 0 Å². The van der Waals surface area contributed by atoms with Crippen LogP contribution in [0.1, 0.15) is 52.7 Å². The van der Waals surface area contributed by atoms with Crippen LogP contribution in [0.4, 0.5) is 0 Å². The van der Waals surface area contributed by atoms with Crippen LogP contribution in [-0.2, 0) is 17.9 Å². The summed E-state index contributed by atoms with van der Waals surface area (Å²) in [4.78, 5) is 4.62. The number of fused-ring (bicyclic) bond motifs is 1. The lowest BCUT2D eigenvalue weighted by atomic mass is 9.79. The largest absolute Gasteiger partial charge is 1.00 e. The fourth-order valence-corrected chi connectivity index (χ4v) is 3.82. The van der Waals surface area contributed by atoms with Crippen molar-refractivity contribution in [3.05, 3.63) is 78.2 Å². The standard InChI is InChI=1S/C27H32N3.HI/c1-26(2,3)21-14-20(15-22(17-21)27(4,5)6)19-10-8-11-23(16-19)30-18-29(7)24-12-9-13-28-25(24)30;/h8-18H,1-7H3;1H/q+1;/p-1. The Morgan fingerprint density at radius 1 is 0.774 bits per heavy atom. The van der Waals surface area contributed by atoms with Gasteiger partial charge in [0.25, 0.3) is 12.0 Å². The molecule has 0 saturated carbocycles. The number of aryl methyl sites for hydroxylation is 1. The summed E-state index contributed by atoms with van der Waals surface area (Å²) < 4.78 is 4.28. The van der Waals surface area contributed by atoms with E-state index in [2.05, 4.69) is 118 Å². The molecular weight excluding hydrogens is 493 g/mol. The number of hydrogen-bond acceptors (Lipinski definition) is 1. The molecular formula is C27H32IN3. The van der Waals surface area contributed by atoms with Crippen LogP contribution >= 0.6 is 0 Å². The molecule has 0 aliphatic heterocycles. The number of pyridine rings is 1. The normalized spacial score (nSPS) is 12.1. The number of rotatable bonds is 2. The molecule has 2 aromatic heterocycles. The molecule has 3 nitrogen and oxygen atoms in total. The van der Waals surface area contributed by atoms with E-state index in [0.717, 1.165) is 16.9 Å². The minimum absolute atomic E-state index is 0. The molecule has 4 aromatic rings. The van der Waals surface area contributed by atoms with Crippen molar-refractivity contribution in [2.24, 2.45) is 7.05 Å². The average Bonchev–Trinajstić information content (AvgIpc) is 3.03. The highest BCUT2D eigenvalue weighted by Gasteiger charge is 2.22. The maximum atomic E-state index is 4.62. The first-order valence-electron chi connectivity index (χ1n) is 10.6. The molecule has 0 aliphatic rings. The Labute approximate surface area is 203 Å². The Morgan fingerprint density at radius 2 is 1.42 bits per heavy atom. The second-order valence-electron chi connectivity index (χ2n) is 10.3. The van der Waals surface area contributed by atoms with E-state index in [1.165, 1.54) is 22.3 Å². The summed E-state index contributed by atoms with van der Waals surface area (Å²) in [7, 11) is 2.06. The van der Waals surface area contributed by atoms with E-state index < -0.39 is 0 Å². The zero-order valence-corrected chi connectivity index (χ0v) is 21.7. The molecule has 0 unspecified atom stereocenters. The second kappa shape index (κ2) is 8.38. The van der Waals surface area contributed by atoms with Crippen molar-refractivity contribution in [3.8, 4) is 16.8 Å². The lowest BCUT2D eigenvalue weighted by Crippen LogP contribution is -3.00. The Balaban J connectivity index is 0.00000272. The van der Waals surface area contributed by atoms with Gasteiger partial charge in [-0.2, -0.15) is 4.57 Å². The van der Waals surface area contributed by atoms with Crippen LogP contribution in [0.25, 0.3) is 28.0 Å². The monoisotopic (exact) mass is 525 g/mol. The Bertz CT molecular complexity index is 1190. The van der Waals surface area contributed by atoms with Gasteiger partial charge < -0.3 is 24.0 Å². The Morgan fingerprint density at radius 3 is 2.03 bits per heavy atom. The zero-order chi connectivity index (χ0) is 21.7. The van der Waals surface area contributed by atoms with Crippen LogP contribution in [0.2, 0.25) is 0 Å². The van der Waals surface area contributed by atoms with Gasteiger partial charge >= 0.3 is 0 Å². The Hall–Kier alpha value is -2.21. The minimum Gasteiger partial charge on any atom is -1.00 e. The van der Waals surface area contributed by atoms with Crippen molar-refractivity contribution in [1.82, 2.24) is 9.55 Å². The molecule has 2 aromatic carbocycles. The highest BCUT2D eigenvalue weighted by Crippen LogP contribution is 2.34. The predicted octanol–water partition coefficient (Wildman–Crippen LogP) is 3.12. The molecule has 0 aliphatic carbocycles. The highest BCUT2D eigenvalue weighted by molar-refractivity contribution is 5.72. The molecule has 0 atom stereocenters. The topological polar surface area (TPSA) is 21.7 Å². The Kier molecular flexibility index (Phi) is 6.34. The smallest absolute Gasteiger partial charge is 0.273 e. The molecule has 162 valence electrons. The number of benzene rings is 2. The number of imidazole rings is 1. The number of nitrogens with zero attached hydrogens (tertiary/aromatic N) is 3. The molecule has 0 N–H and O–H groups in total. The van der Waals surface area contributed by atoms with E-state index in [4.69, 9.17) is 0 Å². The lowest BCUT2D eigenvalue weighted by Gasteiger charge is -2.26. The third-order valence-electron chi connectivity index (χ3n) is 5.79. The third-order valence-corrected chi connectivity index (χ3v) is 5.79. The van der Waals surface area contributed by atoms with Crippen molar-refractivity contribution in [2.75, 3.05) is 0 Å². The van der Waals surface area contributed by atoms with Crippen molar-refractivity contribution in [1.29, 1.82) is 0 Å². The van der Waals surface area contributed by atoms with Gasteiger partial charge in [-0.05, 0) is 57.3 Å². The van der Waals surface area contributed by atoms with E-state index >= 15 is 0 Å². The first kappa shape index (κ1) is 23.5. The maximum Gasteiger partial charge on any atom is 0.273 e. The van der Waals surface area contributed by atoms with Crippen LogP contribution in [0.5, 0.6) is 0 Å². The van der Waals surface area contributed by atoms with Crippen LogP contribution in [0.15, 0.2) is 67.1 Å². The minimum atomic E-state index is 0. The summed E-state index contributed by atoms with van der Waals surface area (Å²) in [6.45, 7) is 13.7. The van der Waals surface area contributed by atoms with E-state index in [9.17, 15) is 0 Å². The van der Waals surface area contributed by atoms with Crippen LogP contribution < -0.4 is 28.5 Å². The van der Waals surface area contributed by atoms with Gasteiger partial charge in [0, 0.05) is 6.20 Å². The van der Waals surface area contributed by atoms with Crippen molar-refractivity contribution >= 4 is 11.2 Å². The van der Waals surface area contributed by atoms with E-state index in [-0.39, 0.29) is 34.8 Å². The first-order chi connectivity index (χ1) is 14.0. The van der Waals surface area contributed by atoms with Crippen LogP contribution in [0.3, 0.4) is 0 Å². The van der Waals surface area contributed by atoms with Crippen molar-refractivity contribution < 1.29 is 28.5 Å². The molecule has 0 spiro atoms. The average molecular weight is 525 g/mol. The predicted molar refractivity (Wildman–Crippen MR) is 125 cm³/mol. The summed E-state index contributed by atoms with van der Waals surface area (Å²) in [5.41, 5.74) is 8.64. The van der Waals surface area contributed by atoms with Gasteiger partial charge in [-0.3, -0.25) is 0 Å². The molecule has 31 heavy (non-hydrogen) atoms.